The predicted octanol–water partition coefficient (Wildman–Crippen LogP) is 3.34. The third-order valence-electron chi connectivity index (χ3n) is 1.89. The van der Waals surface area contributed by atoms with E-state index in [2.05, 4.69) is 0 Å². The van der Waals surface area contributed by atoms with Crippen molar-refractivity contribution in [3.8, 4) is 0 Å². The van der Waals surface area contributed by atoms with E-state index < -0.39 is 16.4 Å². The number of rotatable bonds is 4. The lowest BCUT2D eigenvalue weighted by Gasteiger charge is -2.10. The second-order valence-corrected chi connectivity index (χ2v) is 4.20. The molecule has 0 aromatic heterocycles. The Morgan fingerprint density at radius 2 is 1.93 bits per heavy atom. The Labute approximate surface area is 102 Å². The first-order valence-electron chi connectivity index (χ1n) is 4.14. The average Bonchev–Trinajstić information content (AvgIpc) is 2.13. The Morgan fingerprint density at radius 1 is 1.27 bits per heavy atom. The summed E-state index contributed by atoms with van der Waals surface area (Å²) >= 11 is 16.4. The number of carbonyl (C=O) groups is 2. The van der Waals surface area contributed by atoms with Gasteiger partial charge in [-0.15, -0.1) is 0 Å². The van der Waals surface area contributed by atoms with E-state index in [9.17, 15) is 9.59 Å². The molecule has 15 heavy (non-hydrogen) atoms. The Bertz CT molecular complexity index is 390. The molecule has 0 bridgehead atoms. The van der Waals surface area contributed by atoms with Crippen molar-refractivity contribution in [3.63, 3.8) is 0 Å². The maximum Gasteiger partial charge on any atom is 0.229 e. The highest BCUT2D eigenvalue weighted by Crippen LogP contribution is 2.25. The molecule has 0 N–H and O–H groups in total. The fraction of sp³-hybridized carbons (Fsp3) is 0.200. The van der Waals surface area contributed by atoms with Crippen molar-refractivity contribution in [3.05, 3.63) is 34.9 Å². The smallest absolute Gasteiger partial charge is 0.229 e. The molecule has 0 aliphatic rings. The molecule has 0 fully saturated rings. The van der Waals surface area contributed by atoms with Gasteiger partial charge in [-0.1, -0.05) is 23.7 Å². The molecule has 1 rings (SSSR count). The number of carbonyl (C=O) groups excluding carboxylic acids is 2. The van der Waals surface area contributed by atoms with E-state index in [1.807, 2.05) is 0 Å². The molecular formula is C10H7Cl3O2. The summed E-state index contributed by atoms with van der Waals surface area (Å²) in [6.45, 7) is 0. The second-order valence-electron chi connectivity index (χ2n) is 2.97. The average molecular weight is 266 g/mol. The summed E-state index contributed by atoms with van der Waals surface area (Å²) < 4.78 is 0. The van der Waals surface area contributed by atoms with E-state index in [0.717, 1.165) is 0 Å². The highest BCUT2D eigenvalue weighted by molar-refractivity contribution is 6.67. The van der Waals surface area contributed by atoms with Crippen LogP contribution in [0.1, 0.15) is 17.9 Å². The van der Waals surface area contributed by atoms with E-state index >= 15 is 0 Å². The SMILES string of the molecule is O=C(Cl)C[C@@H](C(=O)Cl)c1cccc(Cl)c1. The first-order chi connectivity index (χ1) is 7.00. The minimum atomic E-state index is -0.727. The molecule has 5 heteroatoms. The van der Waals surface area contributed by atoms with Crippen LogP contribution in [0.2, 0.25) is 5.02 Å². The van der Waals surface area contributed by atoms with E-state index in [1.165, 1.54) is 0 Å². The molecule has 0 unspecified atom stereocenters. The monoisotopic (exact) mass is 264 g/mol. The second kappa shape index (κ2) is 5.50. The molecule has 1 aromatic rings. The van der Waals surface area contributed by atoms with Crippen LogP contribution in [0, 0.1) is 0 Å². The number of hydrogen-bond donors (Lipinski definition) is 0. The Hall–Kier alpha value is -0.570. The first-order valence-corrected chi connectivity index (χ1v) is 5.27. The summed E-state index contributed by atoms with van der Waals surface area (Å²) in [7, 11) is 0. The Morgan fingerprint density at radius 3 is 2.40 bits per heavy atom. The van der Waals surface area contributed by atoms with Gasteiger partial charge in [-0.2, -0.15) is 0 Å². The van der Waals surface area contributed by atoms with Crippen molar-refractivity contribution < 1.29 is 9.59 Å². The minimum Gasteiger partial charge on any atom is -0.281 e. The molecule has 1 atom stereocenters. The van der Waals surface area contributed by atoms with Gasteiger partial charge in [-0.25, -0.2) is 0 Å². The van der Waals surface area contributed by atoms with Gasteiger partial charge in [-0.05, 0) is 40.9 Å². The summed E-state index contributed by atoms with van der Waals surface area (Å²) in [5.74, 6) is -0.727. The van der Waals surface area contributed by atoms with Crippen molar-refractivity contribution in [1.29, 1.82) is 0 Å². The standard InChI is InChI=1S/C10H7Cl3O2/c11-7-3-1-2-6(4-7)8(10(13)15)5-9(12)14/h1-4,8H,5H2/t8-/m1/s1. The van der Waals surface area contributed by atoms with Crippen LogP contribution in [0.25, 0.3) is 0 Å². The van der Waals surface area contributed by atoms with Gasteiger partial charge in [0.05, 0.1) is 5.92 Å². The minimum absolute atomic E-state index is 0.121. The zero-order valence-corrected chi connectivity index (χ0v) is 9.81. The topological polar surface area (TPSA) is 34.1 Å². The van der Waals surface area contributed by atoms with Crippen LogP contribution < -0.4 is 0 Å². The van der Waals surface area contributed by atoms with Gasteiger partial charge in [0.25, 0.3) is 0 Å². The zero-order valence-electron chi connectivity index (χ0n) is 7.54. The fourth-order valence-corrected chi connectivity index (χ4v) is 1.77. The van der Waals surface area contributed by atoms with Crippen LogP contribution in [0.15, 0.2) is 24.3 Å². The molecule has 0 saturated heterocycles. The van der Waals surface area contributed by atoms with Gasteiger partial charge in [0.1, 0.15) is 0 Å². The molecule has 0 heterocycles. The van der Waals surface area contributed by atoms with Crippen molar-refractivity contribution in [2.24, 2.45) is 0 Å². The lowest BCUT2D eigenvalue weighted by atomic mass is 9.98. The summed E-state index contributed by atoms with van der Waals surface area (Å²) in [4.78, 5) is 21.8. The van der Waals surface area contributed by atoms with E-state index in [-0.39, 0.29) is 6.42 Å². The molecule has 0 aliphatic heterocycles. The molecule has 1 aromatic carbocycles. The van der Waals surface area contributed by atoms with E-state index in [1.54, 1.807) is 24.3 Å². The maximum atomic E-state index is 11.1. The van der Waals surface area contributed by atoms with Gasteiger partial charge in [0, 0.05) is 11.4 Å². The Kier molecular flexibility index (Phi) is 4.58. The van der Waals surface area contributed by atoms with Crippen molar-refractivity contribution in [2.75, 3.05) is 0 Å². The maximum absolute atomic E-state index is 11.1. The van der Waals surface area contributed by atoms with Gasteiger partial charge >= 0.3 is 0 Å². The van der Waals surface area contributed by atoms with Crippen LogP contribution in [0.5, 0.6) is 0 Å². The zero-order chi connectivity index (χ0) is 11.4. The Balaban J connectivity index is 2.98. The molecule has 0 saturated carbocycles. The largest absolute Gasteiger partial charge is 0.281 e. The van der Waals surface area contributed by atoms with Crippen LogP contribution in [-0.2, 0) is 9.59 Å². The fourth-order valence-electron chi connectivity index (χ4n) is 1.21. The molecular weight excluding hydrogens is 258 g/mol. The molecule has 0 spiro atoms. The highest BCUT2D eigenvalue weighted by atomic mass is 35.5. The summed E-state index contributed by atoms with van der Waals surface area (Å²) in [5.41, 5.74) is 0.594. The quantitative estimate of drug-likeness (QED) is 0.783. The molecule has 80 valence electrons. The number of benzene rings is 1. The first kappa shape index (κ1) is 12.5. The van der Waals surface area contributed by atoms with Crippen molar-refractivity contribution in [2.45, 2.75) is 12.3 Å². The third kappa shape index (κ3) is 3.82. The van der Waals surface area contributed by atoms with Crippen LogP contribution in [0.3, 0.4) is 0 Å². The third-order valence-corrected chi connectivity index (χ3v) is 2.54. The van der Waals surface area contributed by atoms with Gasteiger partial charge < -0.3 is 0 Å². The number of hydrogen-bond acceptors (Lipinski definition) is 2. The van der Waals surface area contributed by atoms with Gasteiger partial charge in [0.2, 0.25) is 10.5 Å². The molecule has 0 aliphatic carbocycles. The van der Waals surface area contributed by atoms with Crippen molar-refractivity contribution in [1.82, 2.24) is 0 Å². The van der Waals surface area contributed by atoms with E-state index in [4.69, 9.17) is 34.8 Å². The number of halogens is 3. The van der Waals surface area contributed by atoms with Crippen molar-refractivity contribution >= 4 is 45.3 Å². The molecule has 0 radical (unpaired) electrons. The summed E-state index contributed by atoms with van der Waals surface area (Å²) in [5, 5.41) is -0.738. The van der Waals surface area contributed by atoms with Crippen LogP contribution >= 0.6 is 34.8 Å². The van der Waals surface area contributed by atoms with Gasteiger partial charge in [-0.3, -0.25) is 9.59 Å². The highest BCUT2D eigenvalue weighted by Gasteiger charge is 2.21. The lowest BCUT2D eigenvalue weighted by molar-refractivity contribution is -0.117. The lowest BCUT2D eigenvalue weighted by Crippen LogP contribution is -2.09. The summed E-state index contributed by atoms with van der Waals surface area (Å²) in [6, 6.07) is 6.62. The molecule has 2 nitrogen and oxygen atoms in total. The normalized spacial score (nSPS) is 12.2. The summed E-state index contributed by atoms with van der Waals surface area (Å²) in [6.07, 6.45) is -0.121. The van der Waals surface area contributed by atoms with Gasteiger partial charge in [0.15, 0.2) is 0 Å². The van der Waals surface area contributed by atoms with Crippen LogP contribution in [-0.4, -0.2) is 10.5 Å². The van der Waals surface area contributed by atoms with Crippen LogP contribution in [0.4, 0.5) is 0 Å². The van der Waals surface area contributed by atoms with E-state index in [0.29, 0.717) is 10.6 Å². The predicted molar refractivity (Wildman–Crippen MR) is 60.5 cm³/mol. The molecule has 0 amide bonds.